The molecule has 9 heteroatoms. The fraction of sp³-hybridized carbons (Fsp3) is 0.167. The van der Waals surface area contributed by atoms with Crippen molar-refractivity contribution in [3.63, 3.8) is 0 Å². The molecule has 0 fully saturated rings. The second-order valence-corrected chi connectivity index (χ2v) is 4.75. The van der Waals surface area contributed by atoms with Crippen LogP contribution in [0, 0.1) is 0 Å². The molecule has 2 N–H and O–H groups in total. The number of benzene rings is 1. The van der Waals surface area contributed by atoms with E-state index in [0.717, 1.165) is 0 Å². The van der Waals surface area contributed by atoms with E-state index in [1.807, 2.05) is 0 Å². The Morgan fingerprint density at radius 2 is 1.62 bits per heavy atom. The minimum absolute atomic E-state index is 0.0167. The molecule has 0 radical (unpaired) electrons. The highest BCUT2D eigenvalue weighted by atomic mass is 35.5. The molecule has 0 aliphatic rings. The topological polar surface area (TPSA) is 49.8 Å². The van der Waals surface area contributed by atoms with Crippen LogP contribution in [0.3, 0.4) is 0 Å². The van der Waals surface area contributed by atoms with Gasteiger partial charge in [-0.3, -0.25) is 0 Å². The van der Waals surface area contributed by atoms with E-state index in [1.165, 1.54) is 13.1 Å². The summed E-state index contributed by atoms with van der Waals surface area (Å²) >= 11 is 11.9. The number of para-hydroxylation sites is 1. The van der Waals surface area contributed by atoms with Crippen LogP contribution in [0.25, 0.3) is 0 Å². The van der Waals surface area contributed by atoms with E-state index in [2.05, 4.69) is 20.6 Å². The maximum atomic E-state index is 12.7. The second-order valence-electron chi connectivity index (χ2n) is 3.93. The quantitative estimate of drug-likeness (QED) is 0.860. The first-order valence-corrected chi connectivity index (χ1v) is 6.42. The van der Waals surface area contributed by atoms with Gasteiger partial charge in [-0.1, -0.05) is 29.3 Å². The SMILES string of the molecule is CNc1cc(Nc2c(Cl)cccc2Cl)nc(C(F)(F)F)n1. The molecule has 1 heterocycles. The molecule has 112 valence electrons. The second kappa shape index (κ2) is 5.95. The first-order chi connectivity index (χ1) is 9.81. The summed E-state index contributed by atoms with van der Waals surface area (Å²) < 4.78 is 38.2. The van der Waals surface area contributed by atoms with Crippen molar-refractivity contribution in [1.29, 1.82) is 0 Å². The highest BCUT2D eigenvalue weighted by molar-refractivity contribution is 6.39. The summed E-state index contributed by atoms with van der Waals surface area (Å²) in [5.41, 5.74) is 0.273. The maximum absolute atomic E-state index is 12.7. The van der Waals surface area contributed by atoms with Crippen LogP contribution in [-0.4, -0.2) is 17.0 Å². The van der Waals surface area contributed by atoms with Crippen molar-refractivity contribution in [3.8, 4) is 0 Å². The van der Waals surface area contributed by atoms with Gasteiger partial charge in [0, 0.05) is 13.1 Å². The minimum atomic E-state index is -4.66. The molecule has 0 saturated carbocycles. The maximum Gasteiger partial charge on any atom is 0.451 e. The van der Waals surface area contributed by atoms with Crippen molar-refractivity contribution < 1.29 is 13.2 Å². The van der Waals surface area contributed by atoms with Gasteiger partial charge in [-0.2, -0.15) is 13.2 Å². The lowest BCUT2D eigenvalue weighted by atomic mass is 10.3. The molecule has 4 nitrogen and oxygen atoms in total. The number of rotatable bonds is 3. The van der Waals surface area contributed by atoms with Gasteiger partial charge in [0.2, 0.25) is 5.82 Å². The van der Waals surface area contributed by atoms with Crippen molar-refractivity contribution >= 4 is 40.5 Å². The molecule has 0 spiro atoms. The molecule has 0 amide bonds. The summed E-state index contributed by atoms with van der Waals surface area (Å²) in [7, 11) is 1.45. The van der Waals surface area contributed by atoms with Crippen molar-refractivity contribution in [1.82, 2.24) is 9.97 Å². The molecule has 0 atom stereocenters. The molecule has 1 aromatic heterocycles. The predicted octanol–water partition coefficient (Wildman–Crippen LogP) is 4.59. The van der Waals surface area contributed by atoms with Gasteiger partial charge in [0.1, 0.15) is 11.6 Å². The molecule has 0 saturated heterocycles. The first kappa shape index (κ1) is 15.7. The third-order valence-corrected chi connectivity index (χ3v) is 3.08. The van der Waals surface area contributed by atoms with Gasteiger partial charge >= 0.3 is 6.18 Å². The molecule has 0 aliphatic carbocycles. The Hall–Kier alpha value is -1.73. The minimum Gasteiger partial charge on any atom is -0.373 e. The normalized spacial score (nSPS) is 11.3. The average Bonchev–Trinajstić information content (AvgIpc) is 2.42. The summed E-state index contributed by atoms with van der Waals surface area (Å²) in [4.78, 5) is 6.78. The van der Waals surface area contributed by atoms with Crippen molar-refractivity contribution in [2.75, 3.05) is 17.7 Å². The monoisotopic (exact) mass is 336 g/mol. The number of alkyl halides is 3. The van der Waals surface area contributed by atoms with Crippen LogP contribution in [0.4, 0.5) is 30.5 Å². The Kier molecular flexibility index (Phi) is 4.43. The molecule has 1 aromatic carbocycles. The van der Waals surface area contributed by atoms with Crippen LogP contribution in [0.5, 0.6) is 0 Å². The van der Waals surface area contributed by atoms with Gasteiger partial charge in [-0.15, -0.1) is 0 Å². The fourth-order valence-corrected chi connectivity index (χ4v) is 2.00. The Labute approximate surface area is 128 Å². The Bertz CT molecular complexity index is 641. The largest absolute Gasteiger partial charge is 0.451 e. The van der Waals surface area contributed by atoms with E-state index in [9.17, 15) is 13.2 Å². The average molecular weight is 337 g/mol. The van der Waals surface area contributed by atoms with E-state index in [-0.39, 0.29) is 27.4 Å². The molecule has 21 heavy (non-hydrogen) atoms. The van der Waals surface area contributed by atoms with E-state index >= 15 is 0 Å². The third-order valence-electron chi connectivity index (χ3n) is 2.45. The first-order valence-electron chi connectivity index (χ1n) is 5.66. The van der Waals surface area contributed by atoms with Crippen LogP contribution in [0.15, 0.2) is 24.3 Å². The van der Waals surface area contributed by atoms with E-state index < -0.39 is 12.0 Å². The highest BCUT2D eigenvalue weighted by Gasteiger charge is 2.35. The summed E-state index contributed by atoms with van der Waals surface area (Å²) in [6, 6.07) is 6.05. The molecular formula is C12H9Cl2F3N4. The van der Waals surface area contributed by atoms with E-state index in [4.69, 9.17) is 23.2 Å². The van der Waals surface area contributed by atoms with Gasteiger partial charge in [0.25, 0.3) is 0 Å². The van der Waals surface area contributed by atoms with Gasteiger partial charge in [-0.25, -0.2) is 9.97 Å². The lowest BCUT2D eigenvalue weighted by Crippen LogP contribution is -2.13. The molecule has 0 bridgehead atoms. The Balaban J connectivity index is 2.45. The highest BCUT2D eigenvalue weighted by Crippen LogP contribution is 2.34. The zero-order valence-electron chi connectivity index (χ0n) is 10.6. The molecule has 2 aromatic rings. The summed E-state index contributed by atoms with van der Waals surface area (Å²) in [5, 5.41) is 5.74. The molecule has 2 rings (SSSR count). The zero-order valence-corrected chi connectivity index (χ0v) is 12.1. The van der Waals surface area contributed by atoms with Gasteiger partial charge in [0.05, 0.1) is 15.7 Å². The third kappa shape index (κ3) is 3.68. The number of hydrogen-bond donors (Lipinski definition) is 2. The number of nitrogens with one attached hydrogen (secondary N) is 2. The fourth-order valence-electron chi connectivity index (χ4n) is 1.51. The van der Waals surface area contributed by atoms with E-state index in [0.29, 0.717) is 0 Å². The van der Waals surface area contributed by atoms with Crippen LogP contribution in [0.2, 0.25) is 10.0 Å². The number of nitrogens with zero attached hydrogens (tertiary/aromatic N) is 2. The van der Waals surface area contributed by atoms with Crippen molar-refractivity contribution in [2.24, 2.45) is 0 Å². The smallest absolute Gasteiger partial charge is 0.373 e. The van der Waals surface area contributed by atoms with Crippen LogP contribution in [0.1, 0.15) is 5.82 Å². The van der Waals surface area contributed by atoms with Gasteiger partial charge < -0.3 is 10.6 Å². The number of halogens is 5. The number of aromatic nitrogens is 2. The van der Waals surface area contributed by atoms with Crippen molar-refractivity contribution in [2.45, 2.75) is 6.18 Å². The van der Waals surface area contributed by atoms with Crippen LogP contribution in [-0.2, 0) is 6.18 Å². The number of hydrogen-bond acceptors (Lipinski definition) is 4. The standard InChI is InChI=1S/C12H9Cl2F3N4/c1-18-8-5-9(21-11(20-8)12(15,16)17)19-10-6(13)3-2-4-7(10)14/h2-5H,1H3,(H2,18,19,20,21). The lowest BCUT2D eigenvalue weighted by molar-refractivity contribution is -0.144. The molecule has 0 unspecified atom stereocenters. The van der Waals surface area contributed by atoms with Gasteiger partial charge in [0.15, 0.2) is 0 Å². The Morgan fingerprint density at radius 3 is 2.14 bits per heavy atom. The van der Waals surface area contributed by atoms with Crippen LogP contribution < -0.4 is 10.6 Å². The lowest BCUT2D eigenvalue weighted by Gasteiger charge is -2.13. The summed E-state index contributed by atoms with van der Waals surface area (Å²) in [5.74, 6) is -1.32. The summed E-state index contributed by atoms with van der Waals surface area (Å²) in [6.07, 6.45) is -4.66. The molecular weight excluding hydrogens is 328 g/mol. The zero-order chi connectivity index (χ0) is 15.6. The van der Waals surface area contributed by atoms with Crippen LogP contribution >= 0.6 is 23.2 Å². The van der Waals surface area contributed by atoms with Crippen molar-refractivity contribution in [3.05, 3.63) is 40.1 Å². The predicted molar refractivity (Wildman–Crippen MR) is 76.3 cm³/mol. The van der Waals surface area contributed by atoms with E-state index in [1.54, 1.807) is 18.2 Å². The summed E-state index contributed by atoms with van der Waals surface area (Å²) in [6.45, 7) is 0. The molecule has 0 aliphatic heterocycles. The Morgan fingerprint density at radius 1 is 1.05 bits per heavy atom. The van der Waals surface area contributed by atoms with Gasteiger partial charge in [-0.05, 0) is 12.1 Å². The number of anilines is 3.